The molecule has 5 nitrogen and oxygen atoms in total. The zero-order valence-corrected chi connectivity index (χ0v) is 16.0. The first kappa shape index (κ1) is 19.0. The summed E-state index contributed by atoms with van der Waals surface area (Å²) in [7, 11) is 0. The van der Waals surface area contributed by atoms with Gasteiger partial charge in [0.25, 0.3) is 0 Å². The molecule has 6 heteroatoms. The molecule has 0 aliphatic carbocycles. The van der Waals surface area contributed by atoms with Crippen molar-refractivity contribution in [3.8, 4) is 5.88 Å². The molecule has 1 aliphatic rings. The van der Waals surface area contributed by atoms with Gasteiger partial charge in [0, 0.05) is 25.4 Å². The van der Waals surface area contributed by atoms with Crippen molar-refractivity contribution in [2.45, 2.75) is 46.3 Å². The molecule has 0 atom stereocenters. The molecule has 0 amide bonds. The number of nitrogens with two attached hydrogens (primary N) is 1. The molecule has 0 spiro atoms. The predicted molar refractivity (Wildman–Crippen MR) is 101 cm³/mol. The summed E-state index contributed by atoms with van der Waals surface area (Å²) in [5, 5.41) is 0. The minimum atomic E-state index is 0. The summed E-state index contributed by atoms with van der Waals surface area (Å²) in [5.74, 6) is 2.09. The minimum Gasteiger partial charge on any atom is -0.475 e. The van der Waals surface area contributed by atoms with E-state index < -0.39 is 0 Å². The minimum absolute atomic E-state index is 0. The number of hydrogen-bond donors (Lipinski definition) is 1. The first-order chi connectivity index (χ1) is 10.0. The number of halogens is 1. The van der Waals surface area contributed by atoms with Crippen LogP contribution in [0.15, 0.2) is 23.3 Å². The Kier molecular flexibility index (Phi) is 7.92. The number of aromatic nitrogens is 1. The average molecular weight is 418 g/mol. The van der Waals surface area contributed by atoms with Crippen LogP contribution in [0, 0.1) is 5.92 Å². The lowest BCUT2D eigenvalue weighted by Gasteiger charge is -2.31. The third kappa shape index (κ3) is 5.98. The molecule has 2 N–H and O–H groups in total. The number of rotatable bonds is 4. The summed E-state index contributed by atoms with van der Waals surface area (Å²) in [4.78, 5) is 10.9. The lowest BCUT2D eigenvalue weighted by Crippen LogP contribution is -2.42. The number of ether oxygens (including phenoxy) is 1. The molecule has 2 rings (SSSR count). The number of piperidine rings is 1. The normalized spacial score (nSPS) is 16.5. The highest BCUT2D eigenvalue weighted by molar-refractivity contribution is 14.0. The molecule has 0 bridgehead atoms. The van der Waals surface area contributed by atoms with Crippen molar-refractivity contribution in [2.24, 2.45) is 16.6 Å². The van der Waals surface area contributed by atoms with Gasteiger partial charge in [-0.05, 0) is 38.2 Å². The first-order valence-electron chi connectivity index (χ1n) is 7.71. The zero-order chi connectivity index (χ0) is 15.2. The molecule has 0 unspecified atom stereocenters. The van der Waals surface area contributed by atoms with Crippen LogP contribution in [0.25, 0.3) is 0 Å². The van der Waals surface area contributed by atoms with E-state index in [1.807, 2.05) is 26.0 Å². The molecule has 1 aromatic heterocycles. The molecule has 1 saturated heterocycles. The summed E-state index contributed by atoms with van der Waals surface area (Å²) < 4.78 is 5.52. The van der Waals surface area contributed by atoms with Crippen LogP contribution in [0.4, 0.5) is 0 Å². The SMILES string of the molecule is CC1CCN(C(N)=NCc2ccc(OC(C)C)nc2)CC1.I. The van der Waals surface area contributed by atoms with E-state index in [2.05, 4.69) is 21.8 Å². The van der Waals surface area contributed by atoms with Gasteiger partial charge in [-0.3, -0.25) is 0 Å². The van der Waals surface area contributed by atoms with E-state index in [-0.39, 0.29) is 30.1 Å². The molecule has 0 saturated carbocycles. The zero-order valence-electron chi connectivity index (χ0n) is 13.7. The molecule has 124 valence electrons. The number of hydrogen-bond acceptors (Lipinski definition) is 3. The van der Waals surface area contributed by atoms with Crippen LogP contribution in [0.1, 0.15) is 39.2 Å². The second kappa shape index (κ2) is 9.17. The summed E-state index contributed by atoms with van der Waals surface area (Å²) in [6.07, 6.45) is 4.32. The van der Waals surface area contributed by atoms with Crippen LogP contribution in [-0.4, -0.2) is 35.0 Å². The number of nitrogens with zero attached hydrogens (tertiary/aromatic N) is 3. The van der Waals surface area contributed by atoms with Crippen molar-refractivity contribution < 1.29 is 4.74 Å². The summed E-state index contributed by atoms with van der Waals surface area (Å²) in [6, 6.07) is 3.86. The lowest BCUT2D eigenvalue weighted by atomic mass is 10.00. The second-order valence-electron chi connectivity index (χ2n) is 6.02. The number of likely N-dealkylation sites (tertiary alicyclic amines) is 1. The number of guanidine groups is 1. The van der Waals surface area contributed by atoms with Gasteiger partial charge in [-0.15, -0.1) is 24.0 Å². The van der Waals surface area contributed by atoms with Crippen molar-refractivity contribution in [3.05, 3.63) is 23.9 Å². The third-order valence-electron chi connectivity index (χ3n) is 3.69. The summed E-state index contributed by atoms with van der Waals surface area (Å²) >= 11 is 0. The van der Waals surface area contributed by atoms with Crippen molar-refractivity contribution in [3.63, 3.8) is 0 Å². The largest absolute Gasteiger partial charge is 0.475 e. The van der Waals surface area contributed by atoms with E-state index in [1.165, 1.54) is 12.8 Å². The standard InChI is InChI=1S/C16H26N4O.HI/c1-12(2)21-15-5-4-14(10-18-15)11-19-16(17)20-8-6-13(3)7-9-20;/h4-5,10,12-13H,6-9,11H2,1-3H3,(H2,17,19);1H. The number of pyridine rings is 1. The fraction of sp³-hybridized carbons (Fsp3) is 0.625. The van der Waals surface area contributed by atoms with E-state index in [1.54, 1.807) is 6.20 Å². The highest BCUT2D eigenvalue weighted by Crippen LogP contribution is 2.16. The van der Waals surface area contributed by atoms with E-state index in [9.17, 15) is 0 Å². The molecule has 0 aromatic carbocycles. The lowest BCUT2D eigenvalue weighted by molar-refractivity contribution is 0.232. The molecular weight excluding hydrogens is 391 g/mol. The van der Waals surface area contributed by atoms with Crippen LogP contribution in [0.5, 0.6) is 5.88 Å². The van der Waals surface area contributed by atoms with Crippen LogP contribution in [-0.2, 0) is 6.54 Å². The highest BCUT2D eigenvalue weighted by atomic mass is 127. The van der Waals surface area contributed by atoms with Crippen LogP contribution >= 0.6 is 24.0 Å². The Morgan fingerprint density at radius 1 is 1.41 bits per heavy atom. The van der Waals surface area contributed by atoms with Crippen LogP contribution in [0.3, 0.4) is 0 Å². The van der Waals surface area contributed by atoms with Gasteiger partial charge in [-0.25, -0.2) is 9.98 Å². The fourth-order valence-electron chi connectivity index (χ4n) is 2.33. The molecule has 22 heavy (non-hydrogen) atoms. The van der Waals surface area contributed by atoms with Crippen LogP contribution in [0.2, 0.25) is 0 Å². The quantitative estimate of drug-likeness (QED) is 0.464. The van der Waals surface area contributed by atoms with E-state index in [0.29, 0.717) is 18.4 Å². The monoisotopic (exact) mass is 418 g/mol. The topological polar surface area (TPSA) is 63.7 Å². The Morgan fingerprint density at radius 2 is 2.09 bits per heavy atom. The third-order valence-corrected chi connectivity index (χ3v) is 3.69. The van der Waals surface area contributed by atoms with Gasteiger partial charge in [0.2, 0.25) is 5.88 Å². The van der Waals surface area contributed by atoms with E-state index in [4.69, 9.17) is 10.5 Å². The van der Waals surface area contributed by atoms with Gasteiger partial charge >= 0.3 is 0 Å². The van der Waals surface area contributed by atoms with Crippen LogP contribution < -0.4 is 10.5 Å². The van der Waals surface area contributed by atoms with Crippen molar-refractivity contribution in [1.82, 2.24) is 9.88 Å². The van der Waals surface area contributed by atoms with Crippen molar-refractivity contribution in [2.75, 3.05) is 13.1 Å². The van der Waals surface area contributed by atoms with Crippen molar-refractivity contribution >= 4 is 29.9 Å². The summed E-state index contributed by atoms with van der Waals surface area (Å²) in [5.41, 5.74) is 7.11. The van der Waals surface area contributed by atoms with Crippen molar-refractivity contribution in [1.29, 1.82) is 0 Å². The first-order valence-corrected chi connectivity index (χ1v) is 7.71. The van der Waals surface area contributed by atoms with Gasteiger partial charge in [0.05, 0.1) is 12.6 Å². The van der Waals surface area contributed by atoms with E-state index >= 15 is 0 Å². The van der Waals surface area contributed by atoms with Gasteiger partial charge in [0.15, 0.2) is 5.96 Å². The molecule has 1 aliphatic heterocycles. The Labute approximate surface area is 150 Å². The van der Waals surface area contributed by atoms with Gasteiger partial charge < -0.3 is 15.4 Å². The maximum Gasteiger partial charge on any atom is 0.213 e. The van der Waals surface area contributed by atoms with Gasteiger partial charge in [0.1, 0.15) is 0 Å². The Hall–Kier alpha value is -1.05. The predicted octanol–water partition coefficient (Wildman–Crippen LogP) is 3.03. The second-order valence-corrected chi connectivity index (χ2v) is 6.02. The Morgan fingerprint density at radius 3 is 2.64 bits per heavy atom. The Bertz CT molecular complexity index is 468. The fourth-order valence-corrected chi connectivity index (χ4v) is 2.33. The summed E-state index contributed by atoms with van der Waals surface area (Å²) in [6.45, 7) is 8.84. The van der Waals surface area contributed by atoms with Gasteiger partial charge in [-0.1, -0.05) is 13.0 Å². The average Bonchev–Trinajstić information content (AvgIpc) is 2.46. The molecule has 1 fully saturated rings. The maximum absolute atomic E-state index is 6.07. The Balaban J connectivity index is 0.00000242. The number of aliphatic imine (C=N–C) groups is 1. The molecular formula is C16H27IN4O. The molecule has 0 radical (unpaired) electrons. The van der Waals surface area contributed by atoms with E-state index in [0.717, 1.165) is 24.6 Å². The highest BCUT2D eigenvalue weighted by Gasteiger charge is 2.16. The maximum atomic E-state index is 6.07. The van der Waals surface area contributed by atoms with Gasteiger partial charge in [-0.2, -0.15) is 0 Å². The smallest absolute Gasteiger partial charge is 0.213 e. The molecule has 1 aromatic rings. The molecule has 2 heterocycles.